The van der Waals surface area contributed by atoms with Crippen molar-refractivity contribution >= 4 is 23.1 Å². The maximum absolute atomic E-state index is 13.4. The molecule has 198 valence electrons. The maximum Gasteiger partial charge on any atom is 0.295 e. The van der Waals surface area contributed by atoms with Crippen molar-refractivity contribution < 1.29 is 24.2 Å². The molecule has 7 heteroatoms. The number of amides is 1. The quantitative estimate of drug-likeness (QED) is 0.242. The number of carbonyl (C=O) groups is 2. The Morgan fingerprint density at radius 3 is 2.26 bits per heavy atom. The highest BCUT2D eigenvalue weighted by atomic mass is 16.5. The molecule has 0 aliphatic carbocycles. The number of nitrogens with zero attached hydrogens (tertiary/aromatic N) is 2. The van der Waals surface area contributed by atoms with Gasteiger partial charge in [-0.15, -0.1) is 0 Å². The number of rotatable bonds is 9. The number of likely N-dealkylation sites (tertiary alicyclic amines) is 1. The lowest BCUT2D eigenvalue weighted by molar-refractivity contribution is -0.139. The number of aliphatic hydroxyl groups excluding tert-OH is 1. The third-order valence-corrected chi connectivity index (χ3v) is 6.81. The molecule has 3 aromatic carbocycles. The lowest BCUT2D eigenvalue weighted by Gasteiger charge is -2.26. The summed E-state index contributed by atoms with van der Waals surface area (Å²) in [6.45, 7) is 4.62. The molecule has 1 atom stereocenters. The molecule has 4 rings (SSSR count). The van der Waals surface area contributed by atoms with E-state index >= 15 is 0 Å². The van der Waals surface area contributed by atoms with Gasteiger partial charge in [0.2, 0.25) is 0 Å². The van der Waals surface area contributed by atoms with Crippen molar-refractivity contribution in [2.45, 2.75) is 26.3 Å². The van der Waals surface area contributed by atoms with E-state index in [0.29, 0.717) is 30.9 Å². The van der Waals surface area contributed by atoms with Crippen molar-refractivity contribution in [2.24, 2.45) is 0 Å². The first-order valence-electron chi connectivity index (χ1n) is 12.7. The highest BCUT2D eigenvalue weighted by molar-refractivity contribution is 6.46. The van der Waals surface area contributed by atoms with Crippen LogP contribution >= 0.6 is 0 Å². The Hall–Kier alpha value is -4.26. The number of benzene rings is 3. The topological polar surface area (TPSA) is 79.3 Å². The molecular formula is C31H34N2O5. The first-order chi connectivity index (χ1) is 18.2. The van der Waals surface area contributed by atoms with Crippen LogP contribution in [0, 0.1) is 6.92 Å². The Morgan fingerprint density at radius 1 is 1.00 bits per heavy atom. The van der Waals surface area contributed by atoms with Crippen LogP contribution in [-0.4, -0.2) is 56.1 Å². The van der Waals surface area contributed by atoms with Crippen LogP contribution in [-0.2, 0) is 16.0 Å². The molecule has 1 fully saturated rings. The highest BCUT2D eigenvalue weighted by Gasteiger charge is 2.45. The molecule has 1 amide bonds. The molecule has 0 aromatic heterocycles. The van der Waals surface area contributed by atoms with Gasteiger partial charge in [0.1, 0.15) is 17.3 Å². The molecular weight excluding hydrogens is 480 g/mol. The van der Waals surface area contributed by atoms with E-state index in [1.54, 1.807) is 30.2 Å². The number of ether oxygens (including phenoxy) is 2. The van der Waals surface area contributed by atoms with Crippen LogP contribution in [0.15, 0.2) is 72.3 Å². The van der Waals surface area contributed by atoms with Crippen LogP contribution < -0.4 is 14.4 Å². The Morgan fingerprint density at radius 2 is 1.68 bits per heavy atom. The fourth-order valence-electron chi connectivity index (χ4n) is 4.72. The number of anilines is 1. The summed E-state index contributed by atoms with van der Waals surface area (Å²) in [7, 11) is 5.51. The molecule has 0 spiro atoms. The predicted molar refractivity (Wildman–Crippen MR) is 149 cm³/mol. The monoisotopic (exact) mass is 514 g/mol. The van der Waals surface area contributed by atoms with Gasteiger partial charge >= 0.3 is 0 Å². The van der Waals surface area contributed by atoms with Gasteiger partial charge in [-0.3, -0.25) is 9.59 Å². The van der Waals surface area contributed by atoms with E-state index in [-0.39, 0.29) is 11.3 Å². The molecule has 1 N–H and O–H groups in total. The third kappa shape index (κ3) is 5.37. The van der Waals surface area contributed by atoms with E-state index < -0.39 is 17.7 Å². The van der Waals surface area contributed by atoms with E-state index in [1.807, 2.05) is 81.4 Å². The first kappa shape index (κ1) is 26.8. The lowest BCUT2D eigenvalue weighted by atomic mass is 9.94. The summed E-state index contributed by atoms with van der Waals surface area (Å²) in [4.78, 5) is 30.2. The largest absolute Gasteiger partial charge is 0.507 e. The molecule has 3 aromatic rings. The summed E-state index contributed by atoms with van der Waals surface area (Å²) in [5.41, 5.74) is 4.15. The first-order valence-corrected chi connectivity index (χ1v) is 12.7. The molecule has 7 nitrogen and oxygen atoms in total. The van der Waals surface area contributed by atoms with Gasteiger partial charge in [-0.05, 0) is 79.4 Å². The number of ketones is 1. The lowest BCUT2D eigenvalue weighted by Crippen LogP contribution is -2.31. The highest BCUT2D eigenvalue weighted by Crippen LogP contribution is 2.40. The van der Waals surface area contributed by atoms with Crippen LogP contribution in [0.2, 0.25) is 0 Å². The maximum atomic E-state index is 13.4. The van der Waals surface area contributed by atoms with E-state index in [4.69, 9.17) is 9.47 Å². The summed E-state index contributed by atoms with van der Waals surface area (Å²) in [6.07, 6.45) is 0.547. The molecule has 1 saturated heterocycles. The minimum atomic E-state index is -0.712. The number of Topliss-reactive ketones (excluding diaryl/α,β-unsaturated/α-hetero) is 1. The van der Waals surface area contributed by atoms with Crippen LogP contribution in [0.4, 0.5) is 5.69 Å². The van der Waals surface area contributed by atoms with Crippen molar-refractivity contribution in [1.29, 1.82) is 0 Å². The van der Waals surface area contributed by atoms with E-state index in [9.17, 15) is 14.7 Å². The van der Waals surface area contributed by atoms with Gasteiger partial charge in [-0.2, -0.15) is 0 Å². The van der Waals surface area contributed by atoms with Crippen LogP contribution in [0.5, 0.6) is 11.5 Å². The van der Waals surface area contributed by atoms with Gasteiger partial charge in [-0.25, -0.2) is 0 Å². The smallest absolute Gasteiger partial charge is 0.295 e. The van der Waals surface area contributed by atoms with Crippen LogP contribution in [0.25, 0.3) is 5.76 Å². The summed E-state index contributed by atoms with van der Waals surface area (Å²) in [5, 5.41) is 11.4. The number of hydrogen-bond acceptors (Lipinski definition) is 6. The van der Waals surface area contributed by atoms with Gasteiger partial charge < -0.3 is 24.4 Å². The number of aliphatic hydroxyl groups is 1. The molecule has 1 unspecified atom stereocenters. The van der Waals surface area contributed by atoms with Gasteiger partial charge in [0.25, 0.3) is 11.7 Å². The van der Waals surface area contributed by atoms with Gasteiger partial charge in [0, 0.05) is 31.9 Å². The Balaban J connectivity index is 1.75. The SMILES string of the molecule is CCOc1ccc(/C(O)=C2/C(=O)C(=O)N(CCc3ccc(OC)cc3)C2c2ccc(N(C)C)cc2)cc1C. The van der Waals surface area contributed by atoms with Crippen molar-refractivity contribution in [3.63, 3.8) is 0 Å². The zero-order valence-corrected chi connectivity index (χ0v) is 22.5. The zero-order valence-electron chi connectivity index (χ0n) is 22.5. The van der Waals surface area contributed by atoms with E-state index in [2.05, 4.69) is 0 Å². The molecule has 0 radical (unpaired) electrons. The Labute approximate surface area is 223 Å². The average molecular weight is 515 g/mol. The molecule has 1 aliphatic rings. The summed E-state index contributed by atoms with van der Waals surface area (Å²) in [6, 6.07) is 19.9. The predicted octanol–water partition coefficient (Wildman–Crippen LogP) is 5.13. The zero-order chi connectivity index (χ0) is 27.4. The van der Waals surface area contributed by atoms with Gasteiger partial charge in [0.15, 0.2) is 0 Å². The van der Waals surface area contributed by atoms with E-state index in [0.717, 1.165) is 28.1 Å². The fraction of sp³-hybridized carbons (Fsp3) is 0.290. The molecule has 38 heavy (non-hydrogen) atoms. The second kappa shape index (κ2) is 11.4. The van der Waals surface area contributed by atoms with Crippen LogP contribution in [0.1, 0.15) is 35.2 Å². The van der Waals surface area contributed by atoms with Crippen molar-refractivity contribution in [1.82, 2.24) is 4.90 Å². The van der Waals surface area contributed by atoms with Gasteiger partial charge in [-0.1, -0.05) is 24.3 Å². The summed E-state index contributed by atoms with van der Waals surface area (Å²) in [5.74, 6) is -0.0429. The summed E-state index contributed by atoms with van der Waals surface area (Å²) < 4.78 is 10.9. The number of carbonyl (C=O) groups excluding carboxylic acids is 2. The third-order valence-electron chi connectivity index (χ3n) is 6.81. The van der Waals surface area contributed by atoms with Crippen molar-refractivity contribution in [2.75, 3.05) is 39.3 Å². The minimum absolute atomic E-state index is 0.0888. The van der Waals surface area contributed by atoms with Crippen LogP contribution in [0.3, 0.4) is 0 Å². The number of aryl methyl sites for hydroxylation is 1. The average Bonchev–Trinajstić information content (AvgIpc) is 3.18. The molecule has 0 bridgehead atoms. The molecule has 0 saturated carbocycles. The number of methoxy groups -OCH3 is 1. The second-order valence-electron chi connectivity index (χ2n) is 9.49. The van der Waals surface area contributed by atoms with Gasteiger partial charge in [0.05, 0.1) is 25.3 Å². The normalized spacial score (nSPS) is 16.6. The molecule has 1 aliphatic heterocycles. The Kier molecular flexibility index (Phi) is 8.05. The number of hydrogen-bond donors (Lipinski definition) is 1. The Bertz CT molecular complexity index is 1340. The fourth-order valence-corrected chi connectivity index (χ4v) is 4.72. The summed E-state index contributed by atoms with van der Waals surface area (Å²) >= 11 is 0. The van der Waals surface area contributed by atoms with Crippen molar-refractivity contribution in [3.8, 4) is 11.5 Å². The van der Waals surface area contributed by atoms with E-state index in [1.165, 1.54) is 0 Å². The minimum Gasteiger partial charge on any atom is -0.507 e. The second-order valence-corrected chi connectivity index (χ2v) is 9.49. The van der Waals surface area contributed by atoms with Crippen molar-refractivity contribution in [3.05, 3.63) is 94.6 Å². The molecule has 1 heterocycles. The standard InChI is InChI=1S/C31H34N2O5/c1-6-38-26-16-11-23(19-20(26)2)29(34)27-28(22-9-12-24(13-10-22)32(3)4)33(31(36)30(27)35)18-17-21-7-14-25(37-5)15-8-21/h7-16,19,28,34H,6,17-18H2,1-5H3/b29-27-.